The number of amidine groups is 1. The molecule has 0 radical (unpaired) electrons. The van der Waals surface area contributed by atoms with Crippen molar-refractivity contribution in [1.29, 1.82) is 0 Å². The van der Waals surface area contributed by atoms with Gasteiger partial charge in [-0.05, 0) is 25.1 Å². The molecule has 3 rings (SSSR count). The molecule has 5 N–H and O–H groups in total. The Bertz CT molecular complexity index is 497. The van der Waals surface area contributed by atoms with Gasteiger partial charge in [0.15, 0.2) is 0 Å². The second-order valence-electron chi connectivity index (χ2n) is 4.88. The van der Waals surface area contributed by atoms with Gasteiger partial charge in [-0.25, -0.2) is 4.99 Å². The molecule has 0 amide bonds. The van der Waals surface area contributed by atoms with E-state index < -0.39 is 6.35 Å². The van der Waals surface area contributed by atoms with Gasteiger partial charge < -0.3 is 26.2 Å². The lowest BCUT2D eigenvalue weighted by atomic mass is 10.1. The van der Waals surface area contributed by atoms with E-state index in [4.69, 9.17) is 10.5 Å². The maximum Gasteiger partial charge on any atom is 0.225 e. The molecule has 1 aromatic rings. The van der Waals surface area contributed by atoms with Crippen molar-refractivity contribution < 1.29 is 9.84 Å². The molecule has 2 aliphatic rings. The van der Waals surface area contributed by atoms with Crippen molar-refractivity contribution in [2.75, 3.05) is 25.0 Å². The molecule has 1 fully saturated rings. The second kappa shape index (κ2) is 5.07. The van der Waals surface area contributed by atoms with E-state index >= 15 is 0 Å². The van der Waals surface area contributed by atoms with E-state index in [2.05, 4.69) is 15.6 Å². The second-order valence-corrected chi connectivity index (χ2v) is 4.88. The number of nitrogens with one attached hydrogen (secondary N) is 2. The van der Waals surface area contributed by atoms with Gasteiger partial charge in [0.05, 0.1) is 17.9 Å². The van der Waals surface area contributed by atoms with E-state index in [0.717, 1.165) is 30.8 Å². The summed E-state index contributed by atoms with van der Waals surface area (Å²) >= 11 is 0. The molecule has 0 aromatic heterocycles. The van der Waals surface area contributed by atoms with Gasteiger partial charge in [0.1, 0.15) is 11.6 Å². The highest BCUT2D eigenvalue weighted by atomic mass is 16.5. The number of hydrogen-bond acceptors (Lipinski definition) is 6. The molecule has 0 bridgehead atoms. The molecular formula is C13H18N4O2. The Hall–Kier alpha value is -1.79. The maximum atomic E-state index is 9.49. The monoisotopic (exact) mass is 262 g/mol. The summed E-state index contributed by atoms with van der Waals surface area (Å²) < 4.78 is 5.87. The van der Waals surface area contributed by atoms with Crippen LogP contribution >= 0.6 is 0 Å². The molecule has 0 spiro atoms. The number of benzene rings is 1. The minimum atomic E-state index is -0.984. The van der Waals surface area contributed by atoms with Crippen LogP contribution in [0.1, 0.15) is 12.0 Å². The van der Waals surface area contributed by atoms with E-state index in [1.54, 1.807) is 0 Å². The Labute approximate surface area is 111 Å². The summed E-state index contributed by atoms with van der Waals surface area (Å²) in [6.07, 6.45) is 0.150. The predicted octanol–water partition coefficient (Wildman–Crippen LogP) is 0.0816. The number of aliphatic hydroxyl groups is 1. The van der Waals surface area contributed by atoms with Crippen molar-refractivity contribution in [2.24, 2.45) is 16.6 Å². The number of ether oxygens (including phenoxy) is 1. The van der Waals surface area contributed by atoms with Gasteiger partial charge >= 0.3 is 0 Å². The molecule has 2 atom stereocenters. The van der Waals surface area contributed by atoms with Crippen molar-refractivity contribution in [3.8, 4) is 5.75 Å². The van der Waals surface area contributed by atoms with E-state index in [9.17, 15) is 5.11 Å². The van der Waals surface area contributed by atoms with Crippen LogP contribution in [-0.4, -0.2) is 37.0 Å². The lowest BCUT2D eigenvalue weighted by molar-refractivity contribution is 0.212. The zero-order valence-corrected chi connectivity index (χ0v) is 10.6. The molecular weight excluding hydrogens is 244 g/mol. The van der Waals surface area contributed by atoms with Crippen LogP contribution in [0.4, 0.5) is 5.69 Å². The van der Waals surface area contributed by atoms with Gasteiger partial charge in [0.25, 0.3) is 0 Å². The molecule has 102 valence electrons. The highest BCUT2D eigenvalue weighted by molar-refractivity contribution is 6.06. The number of nitrogens with two attached hydrogens (primary N) is 1. The van der Waals surface area contributed by atoms with Crippen molar-refractivity contribution in [2.45, 2.75) is 12.8 Å². The summed E-state index contributed by atoms with van der Waals surface area (Å²) in [5, 5.41) is 15.7. The first-order valence-corrected chi connectivity index (χ1v) is 6.49. The van der Waals surface area contributed by atoms with Crippen LogP contribution in [0, 0.1) is 5.92 Å². The zero-order valence-electron chi connectivity index (χ0n) is 10.6. The average molecular weight is 262 g/mol. The highest BCUT2D eigenvalue weighted by Crippen LogP contribution is 2.30. The van der Waals surface area contributed by atoms with Crippen molar-refractivity contribution in [1.82, 2.24) is 5.32 Å². The molecule has 2 aliphatic heterocycles. The molecule has 6 heteroatoms. The third kappa shape index (κ3) is 2.50. The summed E-state index contributed by atoms with van der Waals surface area (Å²) in [5.74, 6) is 1.56. The standard InChI is InChI=1S/C13H18N4O2/c14-12-11-9(16-13(18)17-12)2-1-3-10(11)19-7-8-4-5-15-6-8/h1-3,8,13,15-16,18H,4-7H2,(H2,14,17). The van der Waals surface area contributed by atoms with Crippen LogP contribution in [0.15, 0.2) is 23.2 Å². The summed E-state index contributed by atoms with van der Waals surface area (Å²) in [6, 6.07) is 5.60. The van der Waals surface area contributed by atoms with E-state index in [1.165, 1.54) is 0 Å². The normalized spacial score (nSPS) is 25.4. The van der Waals surface area contributed by atoms with E-state index in [-0.39, 0.29) is 0 Å². The molecule has 2 unspecified atom stereocenters. The summed E-state index contributed by atoms with van der Waals surface area (Å²) in [6.45, 7) is 2.72. The number of nitrogens with zero attached hydrogens (tertiary/aromatic N) is 1. The quantitative estimate of drug-likeness (QED) is 0.619. The molecule has 1 saturated heterocycles. The number of rotatable bonds is 3. The molecule has 0 aliphatic carbocycles. The van der Waals surface area contributed by atoms with Crippen LogP contribution in [-0.2, 0) is 0 Å². The fourth-order valence-electron chi connectivity index (χ4n) is 2.47. The number of hydrogen-bond donors (Lipinski definition) is 4. The summed E-state index contributed by atoms with van der Waals surface area (Å²) in [5.41, 5.74) is 7.37. The summed E-state index contributed by atoms with van der Waals surface area (Å²) in [7, 11) is 0. The van der Waals surface area contributed by atoms with Gasteiger partial charge in [-0.1, -0.05) is 6.07 Å². The van der Waals surface area contributed by atoms with Crippen LogP contribution in [0.25, 0.3) is 0 Å². The summed E-state index contributed by atoms with van der Waals surface area (Å²) in [4.78, 5) is 3.91. The van der Waals surface area contributed by atoms with Crippen molar-refractivity contribution >= 4 is 11.5 Å². The van der Waals surface area contributed by atoms with Gasteiger partial charge in [-0.3, -0.25) is 0 Å². The molecule has 1 aromatic carbocycles. The minimum absolute atomic E-state index is 0.307. The smallest absolute Gasteiger partial charge is 0.225 e. The minimum Gasteiger partial charge on any atom is -0.492 e. The highest BCUT2D eigenvalue weighted by Gasteiger charge is 2.22. The third-order valence-corrected chi connectivity index (χ3v) is 3.47. The van der Waals surface area contributed by atoms with Crippen LogP contribution in [0.3, 0.4) is 0 Å². The van der Waals surface area contributed by atoms with E-state index in [0.29, 0.717) is 24.1 Å². The molecule has 6 nitrogen and oxygen atoms in total. The van der Waals surface area contributed by atoms with E-state index in [1.807, 2.05) is 18.2 Å². The molecule has 19 heavy (non-hydrogen) atoms. The zero-order chi connectivity index (χ0) is 13.2. The Kier molecular flexibility index (Phi) is 3.27. The number of anilines is 1. The average Bonchev–Trinajstić information content (AvgIpc) is 2.88. The van der Waals surface area contributed by atoms with Gasteiger partial charge in [0, 0.05) is 12.5 Å². The Balaban J connectivity index is 1.79. The van der Waals surface area contributed by atoms with Crippen LogP contribution < -0.4 is 21.1 Å². The first kappa shape index (κ1) is 12.3. The van der Waals surface area contributed by atoms with Gasteiger partial charge in [-0.15, -0.1) is 0 Å². The first-order chi connectivity index (χ1) is 9.24. The van der Waals surface area contributed by atoms with Crippen molar-refractivity contribution in [3.05, 3.63) is 23.8 Å². The number of aliphatic imine (C=N–C) groups is 1. The first-order valence-electron chi connectivity index (χ1n) is 6.49. The van der Waals surface area contributed by atoms with Gasteiger partial charge in [0.2, 0.25) is 6.35 Å². The van der Waals surface area contributed by atoms with Gasteiger partial charge in [-0.2, -0.15) is 0 Å². The predicted molar refractivity (Wildman–Crippen MR) is 73.3 cm³/mol. The number of fused-ring (bicyclic) bond motifs is 1. The maximum absolute atomic E-state index is 9.49. The third-order valence-electron chi connectivity index (χ3n) is 3.47. The van der Waals surface area contributed by atoms with Crippen molar-refractivity contribution in [3.63, 3.8) is 0 Å². The molecule has 0 saturated carbocycles. The fraction of sp³-hybridized carbons (Fsp3) is 0.462. The van der Waals surface area contributed by atoms with Crippen LogP contribution in [0.2, 0.25) is 0 Å². The lowest BCUT2D eigenvalue weighted by Gasteiger charge is -2.23. The van der Waals surface area contributed by atoms with Crippen LogP contribution in [0.5, 0.6) is 5.75 Å². The SMILES string of the molecule is NC1=NC(O)Nc2cccc(OCC3CCNC3)c21. The Morgan fingerprint density at radius 2 is 2.37 bits per heavy atom. The number of aliphatic hydroxyl groups excluding tert-OH is 1. The lowest BCUT2D eigenvalue weighted by Crippen LogP contribution is -2.30. The largest absolute Gasteiger partial charge is 0.492 e. The Morgan fingerprint density at radius 3 is 3.16 bits per heavy atom. The molecule has 2 heterocycles. The Morgan fingerprint density at radius 1 is 1.47 bits per heavy atom. The fourth-order valence-corrected chi connectivity index (χ4v) is 2.47. The topological polar surface area (TPSA) is 91.9 Å².